The Morgan fingerprint density at radius 3 is 2.58 bits per heavy atom. The van der Waals surface area contributed by atoms with Crippen molar-refractivity contribution in [3.63, 3.8) is 0 Å². The Labute approximate surface area is 211 Å². The first kappa shape index (κ1) is 25.2. The summed E-state index contributed by atoms with van der Waals surface area (Å²) in [5.41, 5.74) is 1.37. The second-order valence-electron chi connectivity index (χ2n) is 6.82. The second-order valence-corrected chi connectivity index (χ2v) is 9.02. The molecule has 11 heteroatoms. The molecule has 1 amide bonds. The first-order chi connectivity index (χ1) is 15.8. The number of thioether (sulfide) groups is 1. The lowest BCUT2D eigenvalue weighted by atomic mass is 10.2. The zero-order chi connectivity index (χ0) is 24.0. The van der Waals surface area contributed by atoms with Gasteiger partial charge >= 0.3 is 0 Å². The van der Waals surface area contributed by atoms with Crippen molar-refractivity contribution in [2.24, 2.45) is 0 Å². The Morgan fingerprint density at radius 2 is 1.91 bits per heavy atom. The molecule has 0 aliphatic heterocycles. The summed E-state index contributed by atoms with van der Waals surface area (Å²) in [6, 6.07) is 8.69. The highest BCUT2D eigenvalue weighted by Gasteiger charge is 2.17. The monoisotopic (exact) mass is 526 g/mol. The Morgan fingerprint density at radius 1 is 1.18 bits per heavy atom. The molecule has 1 N–H and O–H groups in total. The third-order valence-corrected chi connectivity index (χ3v) is 6.17. The van der Waals surface area contributed by atoms with Crippen LogP contribution in [0, 0.1) is 6.92 Å². The molecule has 0 aliphatic rings. The molecule has 3 aromatic rings. The first-order valence-electron chi connectivity index (χ1n) is 9.70. The Bertz CT molecular complexity index is 1150. The number of aromatic nitrogens is 3. The number of carbonyl (C=O) groups excluding carboxylic acids is 1. The number of hydrogen-bond acceptors (Lipinski definition) is 6. The number of aryl methyl sites for hydroxylation is 1. The summed E-state index contributed by atoms with van der Waals surface area (Å²) >= 11 is 19.4. The van der Waals surface area contributed by atoms with Crippen LogP contribution in [0.2, 0.25) is 15.1 Å². The van der Waals surface area contributed by atoms with E-state index in [1.165, 1.54) is 23.9 Å². The average Bonchev–Trinajstić information content (AvgIpc) is 3.15. The number of nitrogens with zero attached hydrogens (tertiary/aromatic N) is 3. The van der Waals surface area contributed by atoms with Gasteiger partial charge in [0.25, 0.3) is 0 Å². The van der Waals surface area contributed by atoms with Crippen molar-refractivity contribution >= 4 is 58.2 Å². The van der Waals surface area contributed by atoms with Gasteiger partial charge in [-0.2, -0.15) is 0 Å². The van der Waals surface area contributed by atoms with Gasteiger partial charge in [-0.15, -0.1) is 16.8 Å². The first-order valence-corrected chi connectivity index (χ1v) is 11.8. The van der Waals surface area contributed by atoms with Crippen molar-refractivity contribution in [3.05, 3.63) is 69.4 Å². The van der Waals surface area contributed by atoms with E-state index in [2.05, 4.69) is 22.1 Å². The molecule has 0 fully saturated rings. The molecule has 0 saturated heterocycles. The van der Waals surface area contributed by atoms with Gasteiger partial charge in [-0.25, -0.2) is 0 Å². The van der Waals surface area contributed by atoms with E-state index < -0.39 is 0 Å². The highest BCUT2D eigenvalue weighted by Crippen LogP contribution is 2.34. The van der Waals surface area contributed by atoms with Crippen LogP contribution in [0.15, 0.2) is 48.1 Å². The number of benzene rings is 2. The van der Waals surface area contributed by atoms with Gasteiger partial charge in [-0.05, 0) is 36.8 Å². The van der Waals surface area contributed by atoms with Crippen molar-refractivity contribution in [1.29, 1.82) is 0 Å². The molecule has 1 aromatic heterocycles. The minimum Gasteiger partial charge on any atom is -0.493 e. The van der Waals surface area contributed by atoms with Crippen LogP contribution in [0.5, 0.6) is 11.5 Å². The van der Waals surface area contributed by atoms with E-state index in [9.17, 15) is 4.79 Å². The number of nitrogens with one attached hydrogen (secondary N) is 1. The van der Waals surface area contributed by atoms with Crippen LogP contribution < -0.4 is 14.8 Å². The van der Waals surface area contributed by atoms with Crippen LogP contribution in [0.4, 0.5) is 5.69 Å². The number of methoxy groups -OCH3 is 1. The molecule has 0 bridgehead atoms. The van der Waals surface area contributed by atoms with Gasteiger partial charge in [0.1, 0.15) is 6.61 Å². The normalized spacial score (nSPS) is 10.7. The second kappa shape index (κ2) is 11.7. The molecular formula is C22H21Cl3N4O3S. The Hall–Kier alpha value is -2.39. The molecule has 0 unspecified atom stereocenters. The standard InChI is InChI=1S/C22H21Cl3N4O3S/c1-4-7-29-19(11-32-17-6-5-13(2)8-18(17)31-3)27-28-22(29)33-12-20(30)26-21-15(24)9-14(23)10-16(21)25/h4-6,8-10H,1,7,11-12H2,2-3H3,(H,26,30). The van der Waals surface area contributed by atoms with Crippen molar-refractivity contribution in [2.75, 3.05) is 18.2 Å². The molecule has 1 heterocycles. The van der Waals surface area contributed by atoms with Crippen LogP contribution in [-0.4, -0.2) is 33.5 Å². The number of rotatable bonds is 10. The number of hydrogen-bond donors (Lipinski definition) is 1. The maximum atomic E-state index is 12.5. The summed E-state index contributed by atoms with van der Waals surface area (Å²) in [7, 11) is 1.59. The molecule has 7 nitrogen and oxygen atoms in total. The topological polar surface area (TPSA) is 78.3 Å². The number of anilines is 1. The van der Waals surface area contributed by atoms with E-state index in [4.69, 9.17) is 44.3 Å². The zero-order valence-electron chi connectivity index (χ0n) is 17.9. The molecule has 0 radical (unpaired) electrons. The third kappa shape index (κ3) is 6.57. The highest BCUT2D eigenvalue weighted by molar-refractivity contribution is 7.99. The molecule has 2 aromatic carbocycles. The molecule has 0 saturated carbocycles. The average molecular weight is 528 g/mol. The van der Waals surface area contributed by atoms with E-state index in [0.29, 0.717) is 39.7 Å². The van der Waals surface area contributed by atoms with Gasteiger partial charge in [0.15, 0.2) is 22.5 Å². The summed E-state index contributed by atoms with van der Waals surface area (Å²) in [5, 5.41) is 12.6. The van der Waals surface area contributed by atoms with Gasteiger partial charge in [0.05, 0.1) is 28.6 Å². The maximum absolute atomic E-state index is 12.5. The molecule has 0 atom stereocenters. The lowest BCUT2D eigenvalue weighted by Gasteiger charge is -2.12. The van der Waals surface area contributed by atoms with Crippen molar-refractivity contribution in [2.45, 2.75) is 25.2 Å². The van der Waals surface area contributed by atoms with Gasteiger partial charge in [0, 0.05) is 11.6 Å². The van der Waals surface area contributed by atoms with Gasteiger partial charge in [-0.1, -0.05) is 58.7 Å². The van der Waals surface area contributed by atoms with Crippen LogP contribution in [0.1, 0.15) is 11.4 Å². The predicted octanol–water partition coefficient (Wildman–Crippen LogP) is 6.05. The number of halogens is 3. The molecule has 174 valence electrons. The van der Waals surface area contributed by atoms with Crippen molar-refractivity contribution in [3.8, 4) is 11.5 Å². The fourth-order valence-electron chi connectivity index (χ4n) is 2.85. The fourth-order valence-corrected chi connectivity index (χ4v) is 4.53. The molecule has 3 rings (SSSR count). The Balaban J connectivity index is 1.67. The lowest BCUT2D eigenvalue weighted by molar-refractivity contribution is -0.113. The molecule has 0 aliphatic carbocycles. The number of allylic oxidation sites excluding steroid dienone is 1. The zero-order valence-corrected chi connectivity index (χ0v) is 21.0. The number of ether oxygens (including phenoxy) is 2. The van der Waals surface area contributed by atoms with Crippen LogP contribution >= 0.6 is 46.6 Å². The lowest BCUT2D eigenvalue weighted by Crippen LogP contribution is -2.15. The summed E-state index contributed by atoms with van der Waals surface area (Å²) in [4.78, 5) is 12.5. The summed E-state index contributed by atoms with van der Waals surface area (Å²) in [6.07, 6.45) is 1.72. The van der Waals surface area contributed by atoms with Crippen molar-refractivity contribution in [1.82, 2.24) is 14.8 Å². The fraction of sp³-hybridized carbons (Fsp3) is 0.227. The van der Waals surface area contributed by atoms with Gasteiger partial charge in [-0.3, -0.25) is 9.36 Å². The van der Waals surface area contributed by atoms with E-state index in [-0.39, 0.29) is 28.3 Å². The largest absolute Gasteiger partial charge is 0.493 e. The smallest absolute Gasteiger partial charge is 0.234 e. The highest BCUT2D eigenvalue weighted by atomic mass is 35.5. The predicted molar refractivity (Wildman–Crippen MR) is 133 cm³/mol. The molecule has 0 spiro atoms. The number of amides is 1. The minimum absolute atomic E-state index is 0.0667. The van der Waals surface area contributed by atoms with Crippen LogP contribution in [-0.2, 0) is 17.9 Å². The number of carbonyl (C=O) groups is 1. The maximum Gasteiger partial charge on any atom is 0.234 e. The quantitative estimate of drug-likeness (QED) is 0.255. The van der Waals surface area contributed by atoms with Gasteiger partial charge in [0.2, 0.25) is 5.91 Å². The van der Waals surface area contributed by atoms with E-state index >= 15 is 0 Å². The molecular weight excluding hydrogens is 507 g/mol. The minimum atomic E-state index is -0.304. The van der Waals surface area contributed by atoms with E-state index in [0.717, 1.165) is 5.56 Å². The molecule has 33 heavy (non-hydrogen) atoms. The van der Waals surface area contributed by atoms with E-state index in [1.807, 2.05) is 29.7 Å². The Kier molecular flexibility index (Phi) is 8.91. The summed E-state index contributed by atoms with van der Waals surface area (Å²) in [5.74, 6) is 1.58. The van der Waals surface area contributed by atoms with Crippen molar-refractivity contribution < 1.29 is 14.3 Å². The summed E-state index contributed by atoms with van der Waals surface area (Å²) in [6.45, 7) is 6.38. The van der Waals surface area contributed by atoms with Crippen LogP contribution in [0.25, 0.3) is 0 Å². The summed E-state index contributed by atoms with van der Waals surface area (Å²) < 4.78 is 13.1. The van der Waals surface area contributed by atoms with Gasteiger partial charge < -0.3 is 14.8 Å². The van der Waals surface area contributed by atoms with Crippen LogP contribution in [0.3, 0.4) is 0 Å². The third-order valence-electron chi connectivity index (χ3n) is 4.38. The SMILES string of the molecule is C=CCn1c(COc2ccc(C)cc2OC)nnc1SCC(=O)Nc1c(Cl)cc(Cl)cc1Cl. The van der Waals surface area contributed by atoms with E-state index in [1.54, 1.807) is 13.2 Å².